The van der Waals surface area contributed by atoms with Crippen LogP contribution in [0.4, 0.5) is 11.4 Å². The Morgan fingerprint density at radius 1 is 1.12 bits per heavy atom. The van der Waals surface area contributed by atoms with Crippen LogP contribution in [0, 0.1) is 5.41 Å². The number of rotatable bonds is 5. The van der Waals surface area contributed by atoms with E-state index in [0.717, 1.165) is 47.6 Å². The fraction of sp³-hybridized carbons (Fsp3) is 0.407. The van der Waals surface area contributed by atoms with Crippen LogP contribution in [-0.2, 0) is 9.59 Å². The molecule has 0 fully saturated rings. The van der Waals surface area contributed by atoms with E-state index in [1.54, 1.807) is 11.8 Å². The van der Waals surface area contributed by atoms with Gasteiger partial charge in [-0.15, -0.1) is 0 Å². The molecular weight excluding hydrogens is 400 g/mol. The summed E-state index contributed by atoms with van der Waals surface area (Å²) < 4.78 is 5.83. The van der Waals surface area contributed by atoms with E-state index in [1.165, 1.54) is 0 Å². The van der Waals surface area contributed by atoms with Gasteiger partial charge in [0.2, 0.25) is 5.91 Å². The quantitative estimate of drug-likeness (QED) is 0.586. The summed E-state index contributed by atoms with van der Waals surface area (Å²) in [7, 11) is 0. The van der Waals surface area contributed by atoms with Crippen molar-refractivity contribution in [2.45, 2.75) is 59.4 Å². The van der Waals surface area contributed by atoms with E-state index in [2.05, 4.69) is 26.1 Å². The second-order valence-electron chi connectivity index (χ2n) is 9.54. The topological polar surface area (TPSA) is 58.6 Å². The predicted octanol–water partition coefficient (Wildman–Crippen LogP) is 6.03. The van der Waals surface area contributed by atoms with Crippen LogP contribution in [0.2, 0.25) is 0 Å². The predicted molar refractivity (Wildman–Crippen MR) is 128 cm³/mol. The largest absolute Gasteiger partial charge is 0.494 e. The maximum atomic E-state index is 13.5. The average molecular weight is 433 g/mol. The van der Waals surface area contributed by atoms with Gasteiger partial charge in [0.05, 0.1) is 24.0 Å². The molecule has 0 bridgehead atoms. The third kappa shape index (κ3) is 4.29. The summed E-state index contributed by atoms with van der Waals surface area (Å²) in [6, 6.07) is 15.1. The molecule has 1 N–H and O–H groups in total. The molecule has 5 nitrogen and oxygen atoms in total. The molecule has 0 spiro atoms. The van der Waals surface area contributed by atoms with Gasteiger partial charge in [-0.25, -0.2) is 0 Å². The van der Waals surface area contributed by atoms with Gasteiger partial charge in [0.25, 0.3) is 0 Å². The number of hydrogen-bond acceptors (Lipinski definition) is 4. The van der Waals surface area contributed by atoms with Crippen molar-refractivity contribution in [3.8, 4) is 5.75 Å². The summed E-state index contributed by atoms with van der Waals surface area (Å²) in [6.07, 6.45) is 3.30. The molecule has 1 aliphatic heterocycles. The van der Waals surface area contributed by atoms with Crippen LogP contribution in [0.15, 0.2) is 59.8 Å². The van der Waals surface area contributed by atoms with E-state index in [1.807, 2.05) is 48.5 Å². The lowest BCUT2D eigenvalue weighted by molar-refractivity contribution is -0.118. The first-order valence-electron chi connectivity index (χ1n) is 11.5. The number of Topliss-reactive ketones (excluding diaryl/α,β-unsaturated/α-hetero) is 1. The van der Waals surface area contributed by atoms with E-state index in [4.69, 9.17) is 4.74 Å². The third-order valence-corrected chi connectivity index (χ3v) is 6.20. The Hall–Kier alpha value is -3.08. The number of ether oxygens (including phenoxy) is 1. The van der Waals surface area contributed by atoms with Gasteiger partial charge in [0.15, 0.2) is 5.78 Å². The number of carbonyl (C=O) groups excluding carboxylic acids is 2. The molecule has 0 saturated carbocycles. The minimum absolute atomic E-state index is 0.0936. The second kappa shape index (κ2) is 8.81. The molecule has 32 heavy (non-hydrogen) atoms. The van der Waals surface area contributed by atoms with Crippen LogP contribution >= 0.6 is 0 Å². The Morgan fingerprint density at radius 3 is 2.53 bits per heavy atom. The van der Waals surface area contributed by atoms with Gasteiger partial charge in [-0.2, -0.15) is 0 Å². The van der Waals surface area contributed by atoms with Gasteiger partial charge in [0, 0.05) is 24.6 Å². The van der Waals surface area contributed by atoms with Crippen molar-refractivity contribution in [2.24, 2.45) is 5.41 Å². The maximum Gasteiger partial charge on any atom is 0.224 e. The van der Waals surface area contributed by atoms with E-state index < -0.39 is 6.04 Å². The molecule has 0 radical (unpaired) electrons. The lowest BCUT2D eigenvalue weighted by Crippen LogP contribution is -2.38. The van der Waals surface area contributed by atoms with E-state index in [0.29, 0.717) is 18.6 Å². The SMILES string of the molecule is CCCCOc1ccc([C@@H]2C3=C(CC(C)(C)CC3=O)Nc3ccccc3N2C(C)=O)cc1. The lowest BCUT2D eigenvalue weighted by Gasteiger charge is -2.36. The summed E-state index contributed by atoms with van der Waals surface area (Å²) >= 11 is 0. The number of carbonyl (C=O) groups is 2. The number of hydrogen-bond donors (Lipinski definition) is 1. The van der Waals surface area contributed by atoms with Crippen LogP contribution in [0.25, 0.3) is 0 Å². The summed E-state index contributed by atoms with van der Waals surface area (Å²) in [6.45, 7) is 8.61. The fourth-order valence-corrected chi connectivity index (χ4v) is 4.73. The van der Waals surface area contributed by atoms with E-state index in [9.17, 15) is 9.59 Å². The van der Waals surface area contributed by atoms with Gasteiger partial charge in [0.1, 0.15) is 5.75 Å². The number of ketones is 1. The van der Waals surface area contributed by atoms with Crippen molar-refractivity contribution in [1.29, 1.82) is 0 Å². The first-order chi connectivity index (χ1) is 15.3. The average Bonchev–Trinajstić information content (AvgIpc) is 2.88. The minimum Gasteiger partial charge on any atom is -0.494 e. The molecule has 2 aliphatic rings. The summed E-state index contributed by atoms with van der Waals surface area (Å²) in [5, 5.41) is 3.52. The highest BCUT2D eigenvalue weighted by Gasteiger charge is 2.42. The van der Waals surface area contributed by atoms with Gasteiger partial charge in [-0.05, 0) is 48.1 Å². The molecule has 0 unspecified atom stereocenters. The molecule has 2 aromatic carbocycles. The monoisotopic (exact) mass is 432 g/mol. The molecule has 4 rings (SSSR count). The number of nitrogens with zero attached hydrogens (tertiary/aromatic N) is 1. The highest BCUT2D eigenvalue weighted by atomic mass is 16.5. The number of fused-ring (bicyclic) bond motifs is 1. The molecule has 1 amide bonds. The highest BCUT2D eigenvalue weighted by molar-refractivity contribution is 6.05. The van der Waals surface area contributed by atoms with Crippen molar-refractivity contribution < 1.29 is 14.3 Å². The number of anilines is 2. The van der Waals surface area contributed by atoms with Crippen molar-refractivity contribution in [3.63, 3.8) is 0 Å². The third-order valence-electron chi connectivity index (χ3n) is 6.20. The van der Waals surface area contributed by atoms with Crippen molar-refractivity contribution in [1.82, 2.24) is 0 Å². The van der Waals surface area contributed by atoms with Gasteiger partial charge in [-0.1, -0.05) is 51.5 Å². The molecule has 0 saturated heterocycles. The summed E-state index contributed by atoms with van der Waals surface area (Å²) in [4.78, 5) is 28.2. The first kappa shape index (κ1) is 22.1. The lowest BCUT2D eigenvalue weighted by atomic mass is 9.73. The second-order valence-corrected chi connectivity index (χ2v) is 9.54. The van der Waals surface area contributed by atoms with Gasteiger partial charge >= 0.3 is 0 Å². The Bertz CT molecular complexity index is 1050. The molecule has 2 aromatic rings. The molecule has 1 atom stereocenters. The van der Waals surface area contributed by atoms with Crippen LogP contribution < -0.4 is 15.0 Å². The maximum absolute atomic E-state index is 13.5. The molecule has 1 heterocycles. The number of amides is 1. The summed E-state index contributed by atoms with van der Waals surface area (Å²) in [5.41, 5.74) is 4.01. The Kier molecular flexibility index (Phi) is 6.09. The molecule has 168 valence electrons. The van der Waals surface area contributed by atoms with Crippen LogP contribution in [0.1, 0.15) is 65.0 Å². The van der Waals surface area contributed by atoms with E-state index >= 15 is 0 Å². The van der Waals surface area contributed by atoms with Crippen LogP contribution in [-0.4, -0.2) is 18.3 Å². The van der Waals surface area contributed by atoms with Crippen LogP contribution in [0.3, 0.4) is 0 Å². The molecular formula is C27H32N2O3. The zero-order chi connectivity index (χ0) is 22.9. The van der Waals surface area contributed by atoms with E-state index in [-0.39, 0.29) is 17.1 Å². The van der Waals surface area contributed by atoms with Gasteiger partial charge < -0.3 is 10.1 Å². The Morgan fingerprint density at radius 2 is 1.84 bits per heavy atom. The van der Waals surface area contributed by atoms with Gasteiger partial charge in [-0.3, -0.25) is 14.5 Å². The van der Waals surface area contributed by atoms with Crippen molar-refractivity contribution in [3.05, 3.63) is 65.4 Å². The zero-order valence-electron chi connectivity index (χ0n) is 19.4. The Balaban J connectivity index is 1.84. The number of allylic oxidation sites excluding steroid dienone is 1. The minimum atomic E-state index is -0.480. The number of para-hydroxylation sites is 2. The first-order valence-corrected chi connectivity index (χ1v) is 11.5. The van der Waals surface area contributed by atoms with Crippen molar-refractivity contribution >= 4 is 23.1 Å². The molecule has 1 aliphatic carbocycles. The standard InChI is InChI=1S/C27H32N2O3/c1-5-6-15-32-20-13-11-19(12-14-20)26-25-22(16-27(3,4)17-24(25)31)28-21-9-7-8-10-23(21)29(26)18(2)30/h7-14,26,28H,5-6,15-17H2,1-4H3/t26-/m1/s1. The fourth-order valence-electron chi connectivity index (χ4n) is 4.73. The zero-order valence-corrected chi connectivity index (χ0v) is 19.4. The highest BCUT2D eigenvalue weighted by Crippen LogP contribution is 2.48. The summed E-state index contributed by atoms with van der Waals surface area (Å²) in [5.74, 6) is 0.795. The number of nitrogens with one attached hydrogen (secondary N) is 1. The van der Waals surface area contributed by atoms with Crippen LogP contribution in [0.5, 0.6) is 5.75 Å². The number of benzene rings is 2. The smallest absolute Gasteiger partial charge is 0.224 e. The van der Waals surface area contributed by atoms with Crippen molar-refractivity contribution in [2.75, 3.05) is 16.8 Å². The number of unbranched alkanes of at least 4 members (excludes halogenated alkanes) is 1. The Labute approximate surface area is 190 Å². The molecule has 5 heteroatoms. The normalized spacial score (nSPS) is 19.6. The molecule has 0 aromatic heterocycles.